The number of halogens is 2. The second-order valence-electron chi connectivity index (χ2n) is 9.43. The maximum Gasteiger partial charge on any atom is 0.212 e. The van der Waals surface area contributed by atoms with Crippen molar-refractivity contribution in [3.63, 3.8) is 0 Å². The topological polar surface area (TPSA) is 93.2 Å². The first kappa shape index (κ1) is 32.8. The first-order valence-electron chi connectivity index (χ1n) is 14.2. The summed E-state index contributed by atoms with van der Waals surface area (Å²) < 4.78 is 48.6. The fraction of sp³-hybridized carbons (Fsp3) is 0.344. The van der Waals surface area contributed by atoms with E-state index in [0.717, 1.165) is 62.0 Å². The summed E-state index contributed by atoms with van der Waals surface area (Å²) in [5.41, 5.74) is 4.82. The van der Waals surface area contributed by atoms with Crippen molar-refractivity contribution in [1.29, 1.82) is 0 Å². The minimum absolute atomic E-state index is 0.279. The zero-order chi connectivity index (χ0) is 30.3. The van der Waals surface area contributed by atoms with Crippen LogP contribution in [0.1, 0.15) is 57.1 Å². The van der Waals surface area contributed by atoms with Gasteiger partial charge in [-0.3, -0.25) is 0 Å². The molecule has 1 atom stereocenters. The lowest BCUT2D eigenvalue weighted by Gasteiger charge is -2.30. The fourth-order valence-corrected chi connectivity index (χ4v) is 5.34. The van der Waals surface area contributed by atoms with Crippen molar-refractivity contribution in [2.75, 3.05) is 26.7 Å². The maximum absolute atomic E-state index is 13.6. The number of rotatable bonds is 11. The average Bonchev–Trinajstić information content (AvgIpc) is 3.04. The first-order valence-corrected chi connectivity index (χ1v) is 15.3. The molecule has 2 heterocycles. The highest BCUT2D eigenvalue weighted by Gasteiger charge is 2.19. The van der Waals surface area contributed by atoms with E-state index in [-0.39, 0.29) is 11.6 Å². The van der Waals surface area contributed by atoms with Crippen LogP contribution in [0.15, 0.2) is 86.8 Å². The molecule has 224 valence electrons. The summed E-state index contributed by atoms with van der Waals surface area (Å²) in [6.07, 6.45) is 7.17. The Morgan fingerprint density at radius 3 is 2.07 bits per heavy atom. The molecule has 1 saturated heterocycles. The average molecular weight is 596 g/mol. The van der Waals surface area contributed by atoms with Crippen molar-refractivity contribution in [2.45, 2.75) is 50.8 Å². The number of pyridine rings is 1. The smallest absolute Gasteiger partial charge is 0.212 e. The molecule has 1 aliphatic rings. The number of likely N-dealkylation sites (tertiary alicyclic amines) is 1. The molecule has 2 N–H and O–H groups in total. The van der Waals surface area contributed by atoms with Gasteiger partial charge in [0.1, 0.15) is 11.6 Å². The van der Waals surface area contributed by atoms with Crippen LogP contribution < -0.4 is 10.6 Å². The van der Waals surface area contributed by atoms with Gasteiger partial charge in [0.25, 0.3) is 0 Å². The molecule has 2 aromatic carbocycles. The number of hydrogen-bond acceptors (Lipinski definition) is 6. The normalized spacial score (nSPS) is 14.8. The maximum atomic E-state index is 13.6. The molecule has 10 heteroatoms. The molecule has 0 bridgehead atoms. The molecule has 4 rings (SSSR count). The van der Waals surface area contributed by atoms with Crippen molar-refractivity contribution in [2.24, 2.45) is 15.3 Å². The number of ether oxygens (including phenoxy) is 1. The van der Waals surface area contributed by atoms with E-state index < -0.39 is 11.0 Å². The number of unbranched alkanes of at least 4 members (excludes halogenated alkanes) is 1. The summed E-state index contributed by atoms with van der Waals surface area (Å²) in [4.78, 5) is 6.94. The van der Waals surface area contributed by atoms with E-state index in [1.807, 2.05) is 13.8 Å². The summed E-state index contributed by atoms with van der Waals surface area (Å²) in [6, 6.07) is 16.3. The molecular formula is C32H39F2N5O2S. The van der Waals surface area contributed by atoms with E-state index >= 15 is 0 Å². The lowest BCUT2D eigenvalue weighted by atomic mass is 9.88. The Hall–Kier alpha value is -3.76. The van der Waals surface area contributed by atoms with E-state index in [4.69, 9.17) is 10.6 Å². The Labute approximate surface area is 249 Å². The van der Waals surface area contributed by atoms with Gasteiger partial charge in [-0.15, -0.1) is 0 Å². The first-order chi connectivity index (χ1) is 20.5. The number of nitrogens with zero attached hydrogens (tertiary/aromatic N) is 4. The van der Waals surface area contributed by atoms with Crippen molar-refractivity contribution < 1.29 is 17.7 Å². The Bertz CT molecular complexity index is 1320. The van der Waals surface area contributed by atoms with Gasteiger partial charge in [-0.25, -0.2) is 18.0 Å². The molecule has 7 nitrogen and oxygen atoms in total. The van der Waals surface area contributed by atoms with E-state index in [2.05, 4.69) is 19.4 Å². The fourth-order valence-electron chi connectivity index (χ4n) is 4.67. The standard InChI is InChI=1S/C30H33F2N5O2S.C2H6/c1-39-29-14-13-28(21-34-29)40(38)35-20-27(36-33)4-2-3-17-37-18-15-24(16-19-37)30(22-5-9-25(31)10-6-22)23-7-11-26(32)12-8-23;1-2/h5-14,20-21H,2-4,15-19,33H2,1H3;1-2H3/b35-20+,36-27-;. The summed E-state index contributed by atoms with van der Waals surface area (Å²) in [6.45, 7) is 6.76. The number of aromatic nitrogens is 1. The second kappa shape index (κ2) is 17.3. The molecule has 0 radical (unpaired) electrons. The van der Waals surface area contributed by atoms with Gasteiger partial charge in [-0.2, -0.15) is 9.50 Å². The number of nitrogens with two attached hydrogens (primary N) is 1. The quantitative estimate of drug-likeness (QED) is 0.117. The highest BCUT2D eigenvalue weighted by molar-refractivity contribution is 7.83. The second-order valence-corrected chi connectivity index (χ2v) is 10.6. The third kappa shape index (κ3) is 9.66. The Morgan fingerprint density at radius 2 is 1.57 bits per heavy atom. The molecule has 1 fully saturated rings. The van der Waals surface area contributed by atoms with Gasteiger partial charge < -0.3 is 15.5 Å². The van der Waals surface area contributed by atoms with Gasteiger partial charge in [-0.1, -0.05) is 43.7 Å². The van der Waals surface area contributed by atoms with Gasteiger partial charge >= 0.3 is 0 Å². The summed E-state index contributed by atoms with van der Waals surface area (Å²) in [5.74, 6) is 5.41. The third-order valence-corrected chi connectivity index (χ3v) is 7.76. The monoisotopic (exact) mass is 595 g/mol. The van der Waals surface area contributed by atoms with Crippen LogP contribution in [0.4, 0.5) is 8.78 Å². The van der Waals surface area contributed by atoms with Crippen molar-refractivity contribution in [3.8, 4) is 5.88 Å². The number of benzene rings is 2. The van der Waals surface area contributed by atoms with E-state index in [0.29, 0.717) is 22.9 Å². The van der Waals surface area contributed by atoms with Gasteiger partial charge in [0.15, 0.2) is 11.0 Å². The van der Waals surface area contributed by atoms with Crippen molar-refractivity contribution >= 4 is 28.5 Å². The highest BCUT2D eigenvalue weighted by Crippen LogP contribution is 2.32. The summed E-state index contributed by atoms with van der Waals surface area (Å²) >= 11 is 0. The SMILES string of the molecule is CC.COc1ccc(S(=O)/N=C/C(CCCCN2CCC(=C(c3ccc(F)cc3)c3ccc(F)cc3)CC2)=N\N)cn1. The molecule has 3 aromatic rings. The zero-order valence-electron chi connectivity index (χ0n) is 24.4. The predicted octanol–water partition coefficient (Wildman–Crippen LogP) is 6.57. The van der Waals surface area contributed by atoms with E-state index in [1.165, 1.54) is 49.4 Å². The van der Waals surface area contributed by atoms with Gasteiger partial charge in [0, 0.05) is 25.4 Å². The van der Waals surface area contributed by atoms with Crippen LogP contribution in [0, 0.1) is 11.6 Å². The Kier molecular flexibility index (Phi) is 13.5. The molecule has 1 unspecified atom stereocenters. The molecule has 0 amide bonds. The van der Waals surface area contributed by atoms with Gasteiger partial charge in [-0.05, 0) is 85.7 Å². The lowest BCUT2D eigenvalue weighted by Crippen LogP contribution is -2.32. The van der Waals surface area contributed by atoms with E-state index in [9.17, 15) is 13.0 Å². The zero-order valence-corrected chi connectivity index (χ0v) is 25.2. The highest BCUT2D eigenvalue weighted by atomic mass is 32.2. The van der Waals surface area contributed by atoms with Gasteiger partial charge in [0.05, 0.1) is 23.9 Å². The van der Waals surface area contributed by atoms with Crippen LogP contribution in [0.25, 0.3) is 5.57 Å². The minimum Gasteiger partial charge on any atom is -0.481 e. The van der Waals surface area contributed by atoms with Crippen LogP contribution in [0.5, 0.6) is 5.88 Å². The number of hydrazone groups is 1. The minimum atomic E-state index is -1.60. The Morgan fingerprint density at radius 1 is 0.976 bits per heavy atom. The number of piperidine rings is 1. The largest absolute Gasteiger partial charge is 0.481 e. The van der Waals surface area contributed by atoms with Crippen LogP contribution in [-0.4, -0.2) is 52.8 Å². The van der Waals surface area contributed by atoms with Crippen LogP contribution in [-0.2, 0) is 11.0 Å². The summed E-state index contributed by atoms with van der Waals surface area (Å²) in [5, 5.41) is 3.79. The predicted molar refractivity (Wildman–Crippen MR) is 167 cm³/mol. The van der Waals surface area contributed by atoms with Gasteiger partial charge in [0.2, 0.25) is 5.88 Å². The van der Waals surface area contributed by atoms with Crippen molar-refractivity contribution in [1.82, 2.24) is 9.88 Å². The Balaban J connectivity index is 0.00000237. The molecule has 42 heavy (non-hydrogen) atoms. The molecule has 0 aliphatic carbocycles. The van der Waals surface area contributed by atoms with Crippen molar-refractivity contribution in [3.05, 3.63) is 95.2 Å². The molecule has 0 spiro atoms. The third-order valence-electron chi connectivity index (χ3n) is 6.82. The number of methoxy groups -OCH3 is 1. The molecule has 1 aromatic heterocycles. The van der Waals surface area contributed by atoms with Crippen LogP contribution in [0.2, 0.25) is 0 Å². The van der Waals surface area contributed by atoms with Crippen LogP contribution >= 0.6 is 0 Å². The van der Waals surface area contributed by atoms with E-state index in [1.54, 1.807) is 36.4 Å². The number of hydrogen-bond donors (Lipinski definition) is 1. The molecule has 0 saturated carbocycles. The lowest BCUT2D eigenvalue weighted by molar-refractivity contribution is 0.252. The summed E-state index contributed by atoms with van der Waals surface area (Å²) in [7, 11) is -0.0828. The van der Waals surface area contributed by atoms with Crippen LogP contribution in [0.3, 0.4) is 0 Å². The molecular weight excluding hydrogens is 556 g/mol. The molecule has 1 aliphatic heterocycles.